The molecule has 8 nitrogen and oxygen atoms in total. The summed E-state index contributed by atoms with van der Waals surface area (Å²) in [6, 6.07) is 0. The molecule has 0 radical (unpaired) electrons. The Bertz CT molecular complexity index is 853. The molecule has 55 heavy (non-hydrogen) atoms. The fourth-order valence-electron chi connectivity index (χ4n) is 6.97. The van der Waals surface area contributed by atoms with Crippen molar-refractivity contribution in [2.24, 2.45) is 0 Å². The summed E-state index contributed by atoms with van der Waals surface area (Å²) in [5.41, 5.74) is 0. The second kappa shape index (κ2) is 40.3. The number of ether oxygens (including phenoxy) is 2. The van der Waals surface area contributed by atoms with Crippen molar-refractivity contribution in [3.05, 3.63) is 0 Å². The summed E-state index contributed by atoms with van der Waals surface area (Å²) in [4.78, 5) is 22.9. The zero-order valence-electron chi connectivity index (χ0n) is 37.4. The molecule has 0 aliphatic rings. The highest BCUT2D eigenvalue weighted by molar-refractivity contribution is 7.47. The molecular formula is C46H95NO7P+. The maximum absolute atomic E-state index is 12.7. The fraction of sp³-hybridized carbons (Fsp3) is 0.978. The van der Waals surface area contributed by atoms with E-state index in [1.807, 2.05) is 21.1 Å². The number of hydrogen-bond acceptors (Lipinski definition) is 6. The lowest BCUT2D eigenvalue weighted by Crippen LogP contribution is -2.37. The van der Waals surface area contributed by atoms with Crippen LogP contribution in [0.25, 0.3) is 0 Å². The maximum atomic E-state index is 12.7. The summed E-state index contributed by atoms with van der Waals surface area (Å²) in [6.45, 7) is 5.69. The normalized spacial score (nSPS) is 13.6. The summed E-state index contributed by atoms with van der Waals surface area (Å²) >= 11 is 0. The number of phosphoric ester groups is 1. The number of unbranched alkanes of at least 4 members (excludes halogenated alkanes) is 31. The molecule has 0 rings (SSSR count). The van der Waals surface area contributed by atoms with Crippen LogP contribution in [0.3, 0.4) is 0 Å². The van der Waals surface area contributed by atoms with Gasteiger partial charge in [0.25, 0.3) is 0 Å². The van der Waals surface area contributed by atoms with Crippen molar-refractivity contribution in [2.75, 3.05) is 54.1 Å². The molecule has 330 valence electrons. The van der Waals surface area contributed by atoms with Gasteiger partial charge in [0.15, 0.2) is 0 Å². The molecule has 0 aromatic heterocycles. The zero-order valence-corrected chi connectivity index (χ0v) is 38.3. The highest BCUT2D eigenvalue weighted by Gasteiger charge is 2.26. The van der Waals surface area contributed by atoms with Crippen LogP contribution in [0.1, 0.15) is 232 Å². The van der Waals surface area contributed by atoms with Crippen molar-refractivity contribution in [1.82, 2.24) is 0 Å². The summed E-state index contributed by atoms with van der Waals surface area (Å²) in [5.74, 6) is -0.308. The summed E-state index contributed by atoms with van der Waals surface area (Å²) in [5, 5.41) is 0. The molecule has 0 aromatic carbocycles. The van der Waals surface area contributed by atoms with Gasteiger partial charge in [0.2, 0.25) is 0 Å². The Labute approximate surface area is 342 Å². The van der Waals surface area contributed by atoms with Crippen LogP contribution < -0.4 is 0 Å². The minimum atomic E-state index is -4.27. The van der Waals surface area contributed by atoms with Gasteiger partial charge in [-0.25, -0.2) is 4.57 Å². The van der Waals surface area contributed by atoms with E-state index >= 15 is 0 Å². The summed E-state index contributed by atoms with van der Waals surface area (Å²) < 4.78 is 35.1. The topological polar surface area (TPSA) is 91.3 Å². The SMILES string of the molecule is CCCCCCCCCCCCCCCCCCCCCCOC[C@H](COP(=O)(O)OCC[N+](C)(C)C)OC(=O)CCCCCCCCCCCCCCC. The van der Waals surface area contributed by atoms with Crippen molar-refractivity contribution < 1.29 is 37.3 Å². The number of likely N-dealkylation sites (N-methyl/N-ethyl adjacent to an activating group) is 1. The zero-order chi connectivity index (χ0) is 40.6. The fourth-order valence-corrected chi connectivity index (χ4v) is 7.71. The number of rotatable bonds is 45. The van der Waals surface area contributed by atoms with E-state index in [4.69, 9.17) is 18.5 Å². The molecule has 2 atom stereocenters. The lowest BCUT2D eigenvalue weighted by molar-refractivity contribution is -0.870. The number of hydrogen-bond donors (Lipinski definition) is 1. The first-order valence-electron chi connectivity index (χ1n) is 23.8. The molecule has 0 saturated carbocycles. The van der Waals surface area contributed by atoms with E-state index in [1.54, 1.807) is 0 Å². The first kappa shape index (κ1) is 54.5. The highest BCUT2D eigenvalue weighted by atomic mass is 31.2. The molecule has 0 bridgehead atoms. The Hall–Kier alpha value is -0.500. The first-order valence-corrected chi connectivity index (χ1v) is 25.3. The van der Waals surface area contributed by atoms with Gasteiger partial charge in [0.1, 0.15) is 19.3 Å². The van der Waals surface area contributed by atoms with Gasteiger partial charge in [0, 0.05) is 13.0 Å². The Morgan fingerprint density at radius 1 is 0.491 bits per heavy atom. The Balaban J connectivity index is 4.09. The van der Waals surface area contributed by atoms with Crippen molar-refractivity contribution in [1.29, 1.82) is 0 Å². The number of carbonyl (C=O) groups is 1. The monoisotopic (exact) mass is 805 g/mol. The van der Waals surface area contributed by atoms with Crippen LogP contribution in [-0.2, 0) is 27.9 Å². The van der Waals surface area contributed by atoms with Crippen molar-refractivity contribution in [3.8, 4) is 0 Å². The molecule has 1 N–H and O–H groups in total. The van der Waals surface area contributed by atoms with Gasteiger partial charge < -0.3 is 18.9 Å². The van der Waals surface area contributed by atoms with Crippen LogP contribution in [0.4, 0.5) is 0 Å². The number of esters is 1. The van der Waals surface area contributed by atoms with Gasteiger partial charge in [0.05, 0.1) is 34.4 Å². The lowest BCUT2D eigenvalue weighted by Gasteiger charge is -2.24. The Kier molecular flexibility index (Phi) is 39.9. The number of carbonyl (C=O) groups excluding carboxylic acids is 1. The lowest BCUT2D eigenvalue weighted by atomic mass is 10.0. The molecule has 0 aliphatic carbocycles. The van der Waals surface area contributed by atoms with Crippen LogP contribution in [0.2, 0.25) is 0 Å². The van der Waals surface area contributed by atoms with Crippen LogP contribution >= 0.6 is 7.82 Å². The van der Waals surface area contributed by atoms with Crippen molar-refractivity contribution in [2.45, 2.75) is 238 Å². The summed E-state index contributed by atoms with van der Waals surface area (Å²) in [7, 11) is 1.69. The smallest absolute Gasteiger partial charge is 0.457 e. The third-order valence-electron chi connectivity index (χ3n) is 10.7. The van der Waals surface area contributed by atoms with E-state index in [1.165, 1.54) is 180 Å². The molecule has 1 unspecified atom stereocenters. The highest BCUT2D eigenvalue weighted by Crippen LogP contribution is 2.43. The van der Waals surface area contributed by atoms with E-state index in [0.29, 0.717) is 24.1 Å². The van der Waals surface area contributed by atoms with E-state index in [9.17, 15) is 14.3 Å². The first-order chi connectivity index (χ1) is 26.6. The molecule has 0 saturated heterocycles. The van der Waals surface area contributed by atoms with Gasteiger partial charge in [-0.15, -0.1) is 0 Å². The number of quaternary nitrogens is 1. The quantitative estimate of drug-likeness (QED) is 0.0284. The second-order valence-corrected chi connectivity index (χ2v) is 19.0. The third kappa shape index (κ3) is 44.4. The van der Waals surface area contributed by atoms with Crippen molar-refractivity contribution in [3.63, 3.8) is 0 Å². The van der Waals surface area contributed by atoms with Gasteiger partial charge in [-0.05, 0) is 12.8 Å². The number of nitrogens with zero attached hydrogens (tertiary/aromatic N) is 1. The van der Waals surface area contributed by atoms with Crippen LogP contribution in [0, 0.1) is 0 Å². The van der Waals surface area contributed by atoms with E-state index in [-0.39, 0.29) is 25.8 Å². The molecule has 9 heteroatoms. The largest absolute Gasteiger partial charge is 0.472 e. The molecule has 0 aliphatic heterocycles. The molecule has 0 aromatic rings. The van der Waals surface area contributed by atoms with Crippen molar-refractivity contribution >= 4 is 13.8 Å². The van der Waals surface area contributed by atoms with Crippen LogP contribution in [-0.4, -0.2) is 75.6 Å². The minimum absolute atomic E-state index is 0.0940. The predicted molar refractivity (Wildman–Crippen MR) is 234 cm³/mol. The maximum Gasteiger partial charge on any atom is 0.472 e. The average molecular weight is 805 g/mol. The average Bonchev–Trinajstić information content (AvgIpc) is 3.13. The van der Waals surface area contributed by atoms with Gasteiger partial charge in [-0.2, -0.15) is 0 Å². The second-order valence-electron chi connectivity index (χ2n) is 17.5. The number of phosphoric acid groups is 1. The van der Waals surface area contributed by atoms with E-state index < -0.39 is 13.9 Å². The van der Waals surface area contributed by atoms with E-state index in [0.717, 1.165) is 32.1 Å². The Morgan fingerprint density at radius 3 is 1.20 bits per heavy atom. The molecule has 0 spiro atoms. The Morgan fingerprint density at radius 2 is 0.836 bits per heavy atom. The third-order valence-corrected chi connectivity index (χ3v) is 11.7. The standard InChI is InChI=1S/C46H94NO7P/c1-6-8-10-12-14-16-18-20-21-22-23-24-25-26-28-30-32-34-36-38-41-51-43-45(44-53-55(49,50)52-42-40-47(3,4)5)54-46(48)39-37-35-33-31-29-27-19-17-15-13-11-9-7-2/h45H,6-44H2,1-5H3/p+1/t45-/m1/s1. The summed E-state index contributed by atoms with van der Waals surface area (Å²) in [6.07, 6.45) is 42.8. The predicted octanol–water partition coefficient (Wildman–Crippen LogP) is 14.1. The molecule has 0 amide bonds. The molecular weight excluding hydrogens is 709 g/mol. The minimum Gasteiger partial charge on any atom is -0.457 e. The molecule has 0 fully saturated rings. The van der Waals surface area contributed by atoms with E-state index in [2.05, 4.69) is 13.8 Å². The van der Waals surface area contributed by atoms with Crippen LogP contribution in [0.15, 0.2) is 0 Å². The van der Waals surface area contributed by atoms with Crippen LogP contribution in [0.5, 0.6) is 0 Å². The van der Waals surface area contributed by atoms with Gasteiger partial charge in [-0.1, -0.05) is 213 Å². The molecule has 0 heterocycles. The van der Waals surface area contributed by atoms with Gasteiger partial charge in [-0.3, -0.25) is 13.8 Å². The van der Waals surface area contributed by atoms with Gasteiger partial charge >= 0.3 is 13.8 Å².